The van der Waals surface area contributed by atoms with E-state index < -0.39 is 11.8 Å². The number of benzene rings is 4. The van der Waals surface area contributed by atoms with Gasteiger partial charge in [0.05, 0.1) is 15.6 Å². The maximum atomic E-state index is 12.7. The number of aromatic amines is 2. The standard InChI is InChI=1S/2C20H14N2O2S.6C2H6/c23-18-15(12-21-17-10-11-25-19(17)18)20(24)22-16-9-5-4-8-14(16)13-6-2-1-3-7-13;23-18-15-10-11-25-20(15)21-12-16(18)19(24)22-17-9-5-4-8-14(17)13-6-2-1-3-7-13;6*1-2/h2*1-12H,(H,21,23)(H,22,24);6*1-2H3. The molecule has 4 N–H and O–H groups in total. The van der Waals surface area contributed by atoms with Crippen molar-refractivity contribution in [1.82, 2.24) is 9.97 Å². The number of carbonyl (C=O) groups is 2. The van der Waals surface area contributed by atoms with Crippen LogP contribution in [0.3, 0.4) is 0 Å². The molecule has 0 atom stereocenters. The molecule has 2 amide bonds. The molecule has 4 aromatic carbocycles. The first-order valence-electron chi connectivity index (χ1n) is 21.6. The number of thiophene rings is 2. The molecule has 0 aliphatic heterocycles. The number of H-pyrrole nitrogens is 2. The third-order valence-electron chi connectivity index (χ3n) is 8.00. The van der Waals surface area contributed by atoms with Crippen LogP contribution in [0.15, 0.2) is 154 Å². The lowest BCUT2D eigenvalue weighted by Crippen LogP contribution is -2.21. The first-order valence-corrected chi connectivity index (χ1v) is 23.3. The van der Waals surface area contributed by atoms with Crippen LogP contribution in [-0.4, -0.2) is 21.8 Å². The molecule has 4 aromatic heterocycles. The number of fused-ring (bicyclic) bond motifs is 2. The molecule has 328 valence electrons. The van der Waals surface area contributed by atoms with Gasteiger partial charge in [0.1, 0.15) is 16.0 Å². The summed E-state index contributed by atoms with van der Waals surface area (Å²) in [5.74, 6) is -0.835. The Kier molecular flexibility index (Phi) is 26.5. The zero-order chi connectivity index (χ0) is 46.5. The van der Waals surface area contributed by atoms with Crippen molar-refractivity contribution in [3.63, 3.8) is 0 Å². The van der Waals surface area contributed by atoms with E-state index in [4.69, 9.17) is 0 Å². The van der Waals surface area contributed by atoms with Gasteiger partial charge in [0.2, 0.25) is 10.9 Å². The Morgan fingerprint density at radius 1 is 0.452 bits per heavy atom. The zero-order valence-corrected chi connectivity index (χ0v) is 39.9. The molecule has 0 aliphatic carbocycles. The minimum absolute atomic E-state index is 0.105. The highest BCUT2D eigenvalue weighted by Crippen LogP contribution is 2.29. The van der Waals surface area contributed by atoms with E-state index in [0.29, 0.717) is 21.5 Å². The van der Waals surface area contributed by atoms with Gasteiger partial charge in [-0.05, 0) is 46.2 Å². The van der Waals surface area contributed by atoms with Crippen LogP contribution in [-0.2, 0) is 0 Å². The van der Waals surface area contributed by atoms with Crippen LogP contribution in [0.25, 0.3) is 42.7 Å². The van der Waals surface area contributed by atoms with Crippen LogP contribution >= 0.6 is 22.7 Å². The number of para-hydroxylation sites is 2. The van der Waals surface area contributed by atoms with E-state index in [9.17, 15) is 19.2 Å². The van der Waals surface area contributed by atoms with E-state index in [-0.39, 0.29) is 22.0 Å². The molecule has 8 rings (SSSR count). The number of carbonyl (C=O) groups excluding carboxylic acids is 2. The Morgan fingerprint density at radius 3 is 1.34 bits per heavy atom. The van der Waals surface area contributed by atoms with Gasteiger partial charge in [0, 0.05) is 34.9 Å². The van der Waals surface area contributed by atoms with E-state index >= 15 is 0 Å². The van der Waals surface area contributed by atoms with Crippen molar-refractivity contribution in [1.29, 1.82) is 0 Å². The van der Waals surface area contributed by atoms with E-state index in [1.54, 1.807) is 6.07 Å². The highest BCUT2D eigenvalue weighted by Gasteiger charge is 2.17. The summed E-state index contributed by atoms with van der Waals surface area (Å²) in [6.45, 7) is 24.0. The summed E-state index contributed by atoms with van der Waals surface area (Å²) in [6, 6.07) is 38.3. The molecule has 62 heavy (non-hydrogen) atoms. The molecule has 10 heteroatoms. The summed E-state index contributed by atoms with van der Waals surface area (Å²) in [4.78, 5) is 57.1. The smallest absolute Gasteiger partial charge is 0.261 e. The number of amides is 2. The topological polar surface area (TPSA) is 124 Å². The van der Waals surface area contributed by atoms with Gasteiger partial charge in [-0.25, -0.2) is 0 Å². The Bertz CT molecular complexity index is 2410. The molecule has 0 radical (unpaired) electrons. The van der Waals surface area contributed by atoms with Gasteiger partial charge in [0.25, 0.3) is 11.8 Å². The lowest BCUT2D eigenvalue weighted by molar-refractivity contribution is 0.101. The van der Waals surface area contributed by atoms with Gasteiger partial charge >= 0.3 is 0 Å². The summed E-state index contributed by atoms with van der Waals surface area (Å²) >= 11 is 2.77. The normalized spacial score (nSPS) is 9.23. The largest absolute Gasteiger partial charge is 0.359 e. The summed E-state index contributed by atoms with van der Waals surface area (Å²) < 4.78 is 0.559. The molecule has 0 aliphatic rings. The fraction of sp³-hybridized carbons (Fsp3) is 0.231. The Morgan fingerprint density at radius 2 is 0.855 bits per heavy atom. The number of anilines is 2. The first-order chi connectivity index (χ1) is 30.5. The molecule has 0 saturated carbocycles. The molecule has 8 aromatic rings. The summed E-state index contributed by atoms with van der Waals surface area (Å²) in [5.41, 5.74) is 5.61. The van der Waals surface area contributed by atoms with Crippen molar-refractivity contribution in [2.75, 3.05) is 10.6 Å². The third kappa shape index (κ3) is 14.4. The number of pyridine rings is 2. The highest BCUT2D eigenvalue weighted by atomic mass is 32.1. The molecule has 0 saturated heterocycles. The first kappa shape index (κ1) is 53.7. The van der Waals surface area contributed by atoms with Gasteiger partial charge < -0.3 is 20.6 Å². The van der Waals surface area contributed by atoms with Crippen molar-refractivity contribution in [3.05, 3.63) is 176 Å². The number of aromatic nitrogens is 2. The van der Waals surface area contributed by atoms with Gasteiger partial charge in [-0.1, -0.05) is 180 Å². The number of hydrogen-bond donors (Lipinski definition) is 4. The van der Waals surface area contributed by atoms with Crippen LogP contribution < -0.4 is 21.5 Å². The molecular weight excluding hydrogens is 809 g/mol. The Balaban J connectivity index is 0.000000500. The van der Waals surface area contributed by atoms with Gasteiger partial charge in [-0.15, -0.1) is 22.7 Å². The van der Waals surface area contributed by atoms with Crippen LogP contribution in [0, 0.1) is 0 Å². The van der Waals surface area contributed by atoms with Crippen LogP contribution in [0.5, 0.6) is 0 Å². The number of rotatable bonds is 6. The van der Waals surface area contributed by atoms with Crippen molar-refractivity contribution in [2.45, 2.75) is 83.1 Å². The van der Waals surface area contributed by atoms with Crippen molar-refractivity contribution >= 4 is 66.3 Å². The predicted octanol–water partition coefficient (Wildman–Crippen LogP) is 15.2. The second-order valence-corrected chi connectivity index (χ2v) is 13.0. The Labute approximate surface area is 376 Å². The van der Waals surface area contributed by atoms with Crippen LogP contribution in [0.1, 0.15) is 104 Å². The fourth-order valence-corrected chi connectivity index (χ4v) is 7.09. The van der Waals surface area contributed by atoms with Crippen LogP contribution in [0.2, 0.25) is 0 Å². The molecule has 0 unspecified atom stereocenters. The average Bonchev–Trinajstić information content (AvgIpc) is 4.06. The second kappa shape index (κ2) is 30.6. The summed E-state index contributed by atoms with van der Waals surface area (Å²) in [6.07, 6.45) is 2.94. The maximum Gasteiger partial charge on any atom is 0.261 e. The fourth-order valence-electron chi connectivity index (χ4n) is 5.52. The molecule has 8 nitrogen and oxygen atoms in total. The zero-order valence-electron chi connectivity index (χ0n) is 38.3. The number of hydrogen-bond acceptors (Lipinski definition) is 6. The Hall–Kier alpha value is -6.36. The lowest BCUT2D eigenvalue weighted by atomic mass is 10.0. The molecule has 0 bridgehead atoms. The van der Waals surface area contributed by atoms with E-state index in [0.717, 1.165) is 32.6 Å². The molecule has 0 fully saturated rings. The molecular formula is C52H64N4O4S2. The predicted molar refractivity (Wildman–Crippen MR) is 273 cm³/mol. The highest BCUT2D eigenvalue weighted by molar-refractivity contribution is 7.17. The summed E-state index contributed by atoms with van der Waals surface area (Å²) in [5, 5.41) is 9.93. The SMILES string of the molecule is CC.CC.CC.CC.CC.CC.O=C(Nc1ccccc1-c1ccccc1)c1c[nH]c2ccsc2c1=O.O=C(Nc1ccccc1-c1ccccc1)c1c[nH]c2sccc2c1=O. The van der Waals surface area contributed by atoms with Gasteiger partial charge in [-0.3, -0.25) is 19.2 Å². The molecule has 4 heterocycles. The summed E-state index contributed by atoms with van der Waals surface area (Å²) in [7, 11) is 0. The van der Waals surface area contributed by atoms with E-state index in [1.807, 2.05) is 209 Å². The average molecular weight is 873 g/mol. The maximum absolute atomic E-state index is 12.7. The van der Waals surface area contributed by atoms with Crippen molar-refractivity contribution in [3.8, 4) is 22.3 Å². The van der Waals surface area contributed by atoms with Crippen molar-refractivity contribution in [2.24, 2.45) is 0 Å². The van der Waals surface area contributed by atoms with E-state index in [1.165, 1.54) is 35.1 Å². The minimum atomic E-state index is -0.419. The van der Waals surface area contributed by atoms with Gasteiger partial charge in [-0.2, -0.15) is 0 Å². The number of nitrogens with one attached hydrogen (secondary N) is 4. The molecule has 0 spiro atoms. The quantitative estimate of drug-likeness (QED) is 0.133. The van der Waals surface area contributed by atoms with E-state index in [2.05, 4.69) is 20.6 Å². The third-order valence-corrected chi connectivity index (χ3v) is 9.76. The lowest BCUT2D eigenvalue weighted by Gasteiger charge is -2.11. The minimum Gasteiger partial charge on any atom is -0.359 e. The monoisotopic (exact) mass is 872 g/mol. The van der Waals surface area contributed by atoms with Crippen molar-refractivity contribution < 1.29 is 9.59 Å². The van der Waals surface area contributed by atoms with Crippen LogP contribution in [0.4, 0.5) is 11.4 Å². The van der Waals surface area contributed by atoms with Gasteiger partial charge in [0.15, 0.2) is 0 Å². The second-order valence-electron chi connectivity index (χ2n) is 11.1.